The Balaban J connectivity index is 1.37. The van der Waals surface area contributed by atoms with Crippen molar-refractivity contribution in [3.05, 3.63) is 64.7 Å². The van der Waals surface area contributed by atoms with Gasteiger partial charge in [0.1, 0.15) is 18.4 Å². The number of nitrogens with zero attached hydrogens (tertiary/aromatic N) is 2. The number of imide groups is 1. The van der Waals surface area contributed by atoms with Gasteiger partial charge < -0.3 is 14.4 Å². The lowest BCUT2D eigenvalue weighted by Gasteiger charge is -2.29. The molecule has 8 nitrogen and oxygen atoms in total. The molecule has 3 amide bonds. The van der Waals surface area contributed by atoms with Gasteiger partial charge in [0.2, 0.25) is 11.8 Å². The molecule has 172 valence electrons. The van der Waals surface area contributed by atoms with Gasteiger partial charge in [-0.3, -0.25) is 24.6 Å². The zero-order valence-electron chi connectivity index (χ0n) is 22.1. The van der Waals surface area contributed by atoms with E-state index >= 15 is 0 Å². The Morgan fingerprint density at radius 3 is 2.73 bits per heavy atom. The van der Waals surface area contributed by atoms with Crippen molar-refractivity contribution in [2.75, 3.05) is 26.3 Å². The minimum atomic E-state index is -2.45. The Kier molecular flexibility index (Phi) is 4.88. The quantitative estimate of drug-likeness (QED) is 0.672. The number of nitrogens with one attached hydrogen (secondary N) is 1. The van der Waals surface area contributed by atoms with E-state index in [9.17, 15) is 14.4 Å². The zero-order valence-corrected chi connectivity index (χ0v) is 18.1. The smallest absolute Gasteiger partial charge is 0.255 e. The number of carbonyl (C=O) groups excluding carboxylic acids is 3. The maximum atomic E-state index is 13.1. The van der Waals surface area contributed by atoms with E-state index in [1.165, 1.54) is 17.0 Å². The van der Waals surface area contributed by atoms with Gasteiger partial charge in [-0.15, -0.1) is 0 Å². The van der Waals surface area contributed by atoms with E-state index in [1.54, 1.807) is 18.2 Å². The first-order valence-electron chi connectivity index (χ1n) is 13.0. The van der Waals surface area contributed by atoms with E-state index in [-0.39, 0.29) is 48.7 Å². The molecule has 2 aromatic carbocycles. The fraction of sp³-hybridized carbons (Fsp3) is 0.400. The molecular formula is C25H27N3O5. The highest BCUT2D eigenvalue weighted by molar-refractivity contribution is 6.05. The third kappa shape index (κ3) is 4.62. The van der Waals surface area contributed by atoms with Crippen LogP contribution in [0.4, 0.5) is 0 Å². The number of piperidine rings is 1. The number of ether oxygens (including phenoxy) is 2. The molecule has 0 aliphatic carbocycles. The average Bonchev–Trinajstić information content (AvgIpc) is 3.19. The highest BCUT2D eigenvalue weighted by Crippen LogP contribution is 2.34. The predicted molar refractivity (Wildman–Crippen MR) is 119 cm³/mol. The number of rotatable bonds is 6. The standard InChI is InChI=1S/C25H27N3O5/c29-23-9-8-21(24(30)26-23)28-15-20-19(25(28)31)2-1-3-22(20)33-16-18-6-4-17(5-7-18)14-27-10-12-32-13-11-27/h1-7,21H,8-16H2,(H,26,29,30)/i4D,6D,16D2. The van der Waals surface area contributed by atoms with Gasteiger partial charge in [0.25, 0.3) is 5.91 Å². The highest BCUT2D eigenvalue weighted by Gasteiger charge is 2.40. The largest absolute Gasteiger partial charge is 0.489 e. The van der Waals surface area contributed by atoms with Crippen molar-refractivity contribution in [3.8, 4) is 5.75 Å². The second kappa shape index (κ2) is 9.33. The maximum absolute atomic E-state index is 13.1. The molecule has 1 N–H and O–H groups in total. The van der Waals surface area contributed by atoms with Gasteiger partial charge in [-0.2, -0.15) is 0 Å². The lowest BCUT2D eigenvalue weighted by atomic mass is 10.0. The SMILES string of the molecule is [2H]c1c(CN2CCOCC2)ccc(C([2H])([2H])Oc2cccc3c2CN(C2CCC(=O)NC2=O)C3=O)c1[2H]. The monoisotopic (exact) mass is 453 g/mol. The second-order valence-corrected chi connectivity index (χ2v) is 8.30. The minimum Gasteiger partial charge on any atom is -0.489 e. The molecule has 1 atom stereocenters. The summed E-state index contributed by atoms with van der Waals surface area (Å²) in [7, 11) is 0. The summed E-state index contributed by atoms with van der Waals surface area (Å²) in [6.45, 7) is 0.731. The summed E-state index contributed by atoms with van der Waals surface area (Å²) in [6, 6.07) is 6.69. The lowest BCUT2D eigenvalue weighted by Crippen LogP contribution is -2.52. The number of hydrogen-bond acceptors (Lipinski definition) is 6. The maximum Gasteiger partial charge on any atom is 0.255 e. The summed E-state index contributed by atoms with van der Waals surface area (Å²) >= 11 is 0. The van der Waals surface area contributed by atoms with Crippen LogP contribution >= 0.6 is 0 Å². The summed E-state index contributed by atoms with van der Waals surface area (Å²) in [5.74, 6) is -1.18. The van der Waals surface area contributed by atoms with Crippen molar-refractivity contribution < 1.29 is 29.3 Å². The topological polar surface area (TPSA) is 88.2 Å². The first-order valence-corrected chi connectivity index (χ1v) is 11.0. The molecular weight excluding hydrogens is 422 g/mol. The third-order valence-corrected chi connectivity index (χ3v) is 6.12. The van der Waals surface area contributed by atoms with Crippen molar-refractivity contribution in [1.82, 2.24) is 15.1 Å². The number of carbonyl (C=O) groups is 3. The van der Waals surface area contributed by atoms with Gasteiger partial charge in [0.05, 0.1) is 25.2 Å². The van der Waals surface area contributed by atoms with Crippen LogP contribution in [0.5, 0.6) is 5.75 Å². The van der Waals surface area contributed by atoms with Crippen molar-refractivity contribution >= 4 is 17.7 Å². The van der Waals surface area contributed by atoms with E-state index in [0.717, 1.165) is 13.1 Å². The van der Waals surface area contributed by atoms with E-state index in [4.69, 9.17) is 15.0 Å². The van der Waals surface area contributed by atoms with Gasteiger partial charge in [-0.25, -0.2) is 0 Å². The summed E-state index contributed by atoms with van der Waals surface area (Å²) < 4.78 is 45.2. The van der Waals surface area contributed by atoms with Crippen LogP contribution < -0.4 is 10.1 Å². The van der Waals surface area contributed by atoms with Gasteiger partial charge in [-0.05, 0) is 29.7 Å². The highest BCUT2D eigenvalue weighted by atomic mass is 16.5. The van der Waals surface area contributed by atoms with Crippen LogP contribution in [0.2, 0.25) is 0 Å². The van der Waals surface area contributed by atoms with E-state index in [1.807, 2.05) is 0 Å². The number of benzene rings is 2. The number of fused-ring (bicyclic) bond motifs is 1. The molecule has 0 radical (unpaired) electrons. The molecule has 8 heteroatoms. The first kappa shape index (κ1) is 17.3. The number of hydrogen-bond donors (Lipinski definition) is 1. The van der Waals surface area contributed by atoms with Crippen molar-refractivity contribution in [1.29, 1.82) is 0 Å². The molecule has 0 saturated carbocycles. The van der Waals surface area contributed by atoms with Crippen molar-refractivity contribution in [2.45, 2.75) is 38.5 Å². The average molecular weight is 454 g/mol. The molecule has 2 aromatic rings. The van der Waals surface area contributed by atoms with Crippen LogP contribution in [0.3, 0.4) is 0 Å². The van der Waals surface area contributed by atoms with Crippen LogP contribution in [-0.4, -0.2) is 59.9 Å². The molecule has 1 unspecified atom stereocenters. The van der Waals surface area contributed by atoms with Crippen LogP contribution in [-0.2, 0) is 34.0 Å². The normalized spacial score (nSPS) is 23.3. The fourth-order valence-corrected chi connectivity index (χ4v) is 4.33. The Labute approximate surface area is 198 Å². The molecule has 2 fully saturated rings. The summed E-state index contributed by atoms with van der Waals surface area (Å²) in [5.41, 5.74) is 1.26. The fourth-order valence-electron chi connectivity index (χ4n) is 4.33. The van der Waals surface area contributed by atoms with E-state index < -0.39 is 24.4 Å². The molecule has 3 heterocycles. The van der Waals surface area contributed by atoms with E-state index in [2.05, 4.69) is 10.2 Å². The molecule has 2 saturated heterocycles. The van der Waals surface area contributed by atoms with Crippen LogP contribution in [0.25, 0.3) is 0 Å². The lowest BCUT2D eigenvalue weighted by molar-refractivity contribution is -0.136. The molecule has 0 spiro atoms. The van der Waals surface area contributed by atoms with Crippen LogP contribution in [0.15, 0.2) is 42.4 Å². The van der Waals surface area contributed by atoms with Gasteiger partial charge in [0, 0.05) is 37.2 Å². The van der Waals surface area contributed by atoms with Gasteiger partial charge in [-0.1, -0.05) is 30.3 Å². The van der Waals surface area contributed by atoms with E-state index in [0.29, 0.717) is 36.4 Å². The summed E-state index contributed by atoms with van der Waals surface area (Å²) in [6.07, 6.45) is 0.346. The second-order valence-electron chi connectivity index (χ2n) is 8.30. The Morgan fingerprint density at radius 1 is 1.12 bits per heavy atom. The molecule has 0 aromatic heterocycles. The number of morpholine rings is 1. The Bertz CT molecular complexity index is 1270. The van der Waals surface area contributed by atoms with Crippen molar-refractivity contribution in [3.63, 3.8) is 0 Å². The van der Waals surface area contributed by atoms with Crippen LogP contribution in [0.1, 0.15) is 45.4 Å². The molecule has 33 heavy (non-hydrogen) atoms. The Morgan fingerprint density at radius 2 is 1.91 bits per heavy atom. The molecule has 5 rings (SSSR count). The zero-order chi connectivity index (χ0) is 26.3. The minimum absolute atomic E-state index is 0.0304. The van der Waals surface area contributed by atoms with Gasteiger partial charge >= 0.3 is 0 Å². The third-order valence-electron chi connectivity index (χ3n) is 6.12. The number of amides is 3. The van der Waals surface area contributed by atoms with Crippen LogP contribution in [0, 0.1) is 0 Å². The summed E-state index contributed by atoms with van der Waals surface area (Å²) in [5, 5.41) is 2.26. The Hall–Kier alpha value is -3.23. The predicted octanol–water partition coefficient (Wildman–Crippen LogP) is 1.86. The molecule has 3 aliphatic rings. The molecule has 3 aliphatic heterocycles. The van der Waals surface area contributed by atoms with Crippen molar-refractivity contribution in [2.24, 2.45) is 0 Å². The molecule has 0 bridgehead atoms. The summed E-state index contributed by atoms with van der Waals surface area (Å²) in [4.78, 5) is 40.4. The first-order chi connectivity index (χ1) is 17.7. The van der Waals surface area contributed by atoms with Gasteiger partial charge in [0.15, 0.2) is 0 Å².